The van der Waals surface area contributed by atoms with E-state index in [2.05, 4.69) is 0 Å². The van der Waals surface area contributed by atoms with Crippen molar-refractivity contribution in [3.8, 4) is 0 Å². The molecule has 2 fully saturated rings. The quantitative estimate of drug-likeness (QED) is 0.505. The number of hydrogen-bond donors (Lipinski definition) is 0. The minimum absolute atomic E-state index is 0.0811. The highest BCUT2D eigenvalue weighted by Crippen LogP contribution is 2.31. The molecule has 2 atom stereocenters. The molecule has 7 nitrogen and oxygen atoms in total. The van der Waals surface area contributed by atoms with Crippen molar-refractivity contribution in [3.05, 3.63) is 30.1 Å². The van der Waals surface area contributed by atoms with Gasteiger partial charge in [0.1, 0.15) is 5.82 Å². The summed E-state index contributed by atoms with van der Waals surface area (Å²) >= 11 is 0. The monoisotopic (exact) mass is 433 g/mol. The molecular formula is C18H24FNO6S2. The van der Waals surface area contributed by atoms with Gasteiger partial charge in [0, 0.05) is 6.04 Å². The van der Waals surface area contributed by atoms with Gasteiger partial charge in [0.15, 0.2) is 19.7 Å². The average Bonchev–Trinajstić information content (AvgIpc) is 2.99. The van der Waals surface area contributed by atoms with Crippen LogP contribution in [0.15, 0.2) is 29.2 Å². The molecule has 0 radical (unpaired) electrons. The van der Waals surface area contributed by atoms with E-state index < -0.39 is 42.5 Å². The summed E-state index contributed by atoms with van der Waals surface area (Å²) in [5.74, 6) is -1.76. The van der Waals surface area contributed by atoms with Crippen LogP contribution >= 0.6 is 0 Å². The van der Waals surface area contributed by atoms with Crippen molar-refractivity contribution >= 4 is 25.6 Å². The van der Waals surface area contributed by atoms with Gasteiger partial charge >= 0.3 is 5.97 Å². The number of sulfone groups is 2. The van der Waals surface area contributed by atoms with Crippen LogP contribution < -0.4 is 0 Å². The van der Waals surface area contributed by atoms with Gasteiger partial charge in [-0.05, 0) is 57.1 Å². The van der Waals surface area contributed by atoms with Crippen LogP contribution in [0.1, 0.15) is 19.8 Å². The van der Waals surface area contributed by atoms with E-state index in [1.165, 1.54) is 12.1 Å². The molecule has 1 aromatic rings. The molecule has 2 aliphatic rings. The molecule has 0 aromatic heterocycles. The zero-order valence-corrected chi connectivity index (χ0v) is 17.2. The molecular weight excluding hydrogens is 409 g/mol. The number of carbonyl (C=O) groups excluding carboxylic acids is 1. The first kappa shape index (κ1) is 21.2. The molecule has 0 N–H and O–H groups in total. The molecule has 0 aliphatic carbocycles. The SMILES string of the molecule is CCOC(=O)C1CCN([C@@H]2CS(=O)(=O)C[C@H]2S(=O)(=O)c2ccc(F)cc2)CC1. The molecule has 2 heterocycles. The second kappa shape index (κ2) is 8.08. The molecule has 1 aromatic carbocycles. The lowest BCUT2D eigenvalue weighted by atomic mass is 9.95. The summed E-state index contributed by atoms with van der Waals surface area (Å²) in [5.41, 5.74) is 0. The maximum absolute atomic E-state index is 13.2. The van der Waals surface area contributed by atoms with Crippen molar-refractivity contribution in [1.82, 2.24) is 4.90 Å². The second-order valence-electron chi connectivity index (χ2n) is 7.24. The first-order chi connectivity index (χ1) is 13.1. The largest absolute Gasteiger partial charge is 0.466 e. The summed E-state index contributed by atoms with van der Waals surface area (Å²) in [6.45, 7) is 2.90. The third-order valence-electron chi connectivity index (χ3n) is 5.43. The Morgan fingerprint density at radius 3 is 2.36 bits per heavy atom. The van der Waals surface area contributed by atoms with E-state index in [1.807, 2.05) is 4.90 Å². The van der Waals surface area contributed by atoms with Crippen molar-refractivity contribution in [2.45, 2.75) is 36.0 Å². The summed E-state index contributed by atoms with van der Waals surface area (Å²) in [7, 11) is -7.46. The summed E-state index contributed by atoms with van der Waals surface area (Å²) in [6, 6.07) is 3.76. The number of benzene rings is 1. The van der Waals surface area contributed by atoms with E-state index in [4.69, 9.17) is 4.74 Å². The Bertz CT molecular complexity index is 921. The highest BCUT2D eigenvalue weighted by molar-refractivity contribution is 7.96. The number of esters is 1. The van der Waals surface area contributed by atoms with Crippen molar-refractivity contribution in [3.63, 3.8) is 0 Å². The van der Waals surface area contributed by atoms with Gasteiger partial charge in [0.2, 0.25) is 0 Å². The van der Waals surface area contributed by atoms with Gasteiger partial charge < -0.3 is 4.74 Å². The predicted molar refractivity (Wildman–Crippen MR) is 101 cm³/mol. The summed E-state index contributed by atoms with van der Waals surface area (Å²) in [5, 5.41) is -1.11. The van der Waals surface area contributed by atoms with Crippen LogP contribution in [0.2, 0.25) is 0 Å². The normalized spacial score (nSPS) is 26.2. The molecule has 3 rings (SSSR count). The molecule has 0 bridgehead atoms. The zero-order valence-electron chi connectivity index (χ0n) is 15.6. The Hall–Kier alpha value is -1.52. The lowest BCUT2D eigenvalue weighted by Gasteiger charge is -2.36. The second-order valence-corrected chi connectivity index (χ2v) is 11.6. The molecule has 2 aliphatic heterocycles. The third kappa shape index (κ3) is 4.38. The van der Waals surface area contributed by atoms with E-state index in [9.17, 15) is 26.0 Å². The molecule has 2 saturated heterocycles. The van der Waals surface area contributed by atoms with Crippen LogP contribution in [-0.2, 0) is 29.2 Å². The minimum Gasteiger partial charge on any atom is -0.466 e. The molecule has 0 spiro atoms. The predicted octanol–water partition coefficient (Wildman–Crippen LogP) is 1.04. The van der Waals surface area contributed by atoms with E-state index in [0.29, 0.717) is 32.5 Å². The lowest BCUT2D eigenvalue weighted by molar-refractivity contribution is -0.149. The number of carbonyl (C=O) groups is 1. The van der Waals surface area contributed by atoms with Crippen molar-refractivity contribution < 1.29 is 30.8 Å². The van der Waals surface area contributed by atoms with Gasteiger partial charge in [0.25, 0.3) is 0 Å². The number of piperidine rings is 1. The number of ether oxygens (including phenoxy) is 1. The van der Waals surface area contributed by atoms with Gasteiger partial charge in [0.05, 0.1) is 34.2 Å². The van der Waals surface area contributed by atoms with Crippen LogP contribution in [0.5, 0.6) is 0 Å². The maximum atomic E-state index is 13.2. The Morgan fingerprint density at radius 1 is 1.18 bits per heavy atom. The summed E-state index contributed by atoms with van der Waals surface area (Å²) in [6.07, 6.45) is 0.997. The van der Waals surface area contributed by atoms with Crippen LogP contribution in [0, 0.1) is 11.7 Å². The molecule has 10 heteroatoms. The molecule has 0 amide bonds. The van der Waals surface area contributed by atoms with Crippen molar-refractivity contribution in [1.29, 1.82) is 0 Å². The smallest absolute Gasteiger partial charge is 0.309 e. The van der Waals surface area contributed by atoms with Crippen LogP contribution in [-0.4, -0.2) is 70.2 Å². The molecule has 0 saturated carbocycles. The fourth-order valence-electron chi connectivity index (χ4n) is 3.96. The Morgan fingerprint density at radius 2 is 1.79 bits per heavy atom. The Labute approximate surface area is 164 Å². The number of halogens is 1. The average molecular weight is 434 g/mol. The fraction of sp³-hybridized carbons (Fsp3) is 0.611. The number of likely N-dealkylation sites (tertiary alicyclic amines) is 1. The molecule has 0 unspecified atom stereocenters. The van der Waals surface area contributed by atoms with Gasteiger partial charge in [-0.15, -0.1) is 0 Å². The first-order valence-electron chi connectivity index (χ1n) is 9.24. The number of hydrogen-bond acceptors (Lipinski definition) is 7. The first-order valence-corrected chi connectivity index (χ1v) is 12.6. The van der Waals surface area contributed by atoms with Crippen LogP contribution in [0.4, 0.5) is 4.39 Å². The Balaban J connectivity index is 1.80. The van der Waals surface area contributed by atoms with E-state index in [1.54, 1.807) is 6.92 Å². The van der Waals surface area contributed by atoms with E-state index in [0.717, 1.165) is 12.1 Å². The van der Waals surface area contributed by atoms with E-state index >= 15 is 0 Å². The molecule has 28 heavy (non-hydrogen) atoms. The zero-order chi connectivity index (χ0) is 20.5. The summed E-state index contributed by atoms with van der Waals surface area (Å²) in [4.78, 5) is 13.7. The van der Waals surface area contributed by atoms with Crippen molar-refractivity contribution in [2.75, 3.05) is 31.2 Å². The van der Waals surface area contributed by atoms with Gasteiger partial charge in [-0.2, -0.15) is 0 Å². The summed E-state index contributed by atoms with van der Waals surface area (Å²) < 4.78 is 68.8. The van der Waals surface area contributed by atoms with Crippen LogP contribution in [0.3, 0.4) is 0 Å². The van der Waals surface area contributed by atoms with Gasteiger partial charge in [-0.1, -0.05) is 0 Å². The maximum Gasteiger partial charge on any atom is 0.309 e. The van der Waals surface area contributed by atoms with Gasteiger partial charge in [-0.25, -0.2) is 21.2 Å². The van der Waals surface area contributed by atoms with Crippen molar-refractivity contribution in [2.24, 2.45) is 5.92 Å². The van der Waals surface area contributed by atoms with E-state index in [-0.39, 0.29) is 22.5 Å². The topological polar surface area (TPSA) is 97.8 Å². The highest BCUT2D eigenvalue weighted by Gasteiger charge is 2.49. The number of nitrogens with zero attached hydrogens (tertiary/aromatic N) is 1. The molecule has 156 valence electrons. The third-order valence-corrected chi connectivity index (χ3v) is 9.57. The van der Waals surface area contributed by atoms with Gasteiger partial charge in [-0.3, -0.25) is 9.69 Å². The number of rotatable bonds is 5. The Kier molecular flexibility index (Phi) is 6.11. The fourth-order valence-corrected chi connectivity index (χ4v) is 8.79. The minimum atomic E-state index is -3.94. The highest BCUT2D eigenvalue weighted by atomic mass is 32.2. The van der Waals surface area contributed by atoms with Crippen LogP contribution in [0.25, 0.3) is 0 Å². The lowest BCUT2D eigenvalue weighted by Crippen LogP contribution is -2.50. The standard InChI is InChI=1S/C18H24FNO6S2/c1-2-26-18(21)13-7-9-20(10-8-13)16-11-27(22,23)12-17(16)28(24,25)15-5-3-14(19)4-6-15/h3-6,13,16-17H,2,7-12H2,1H3/t16-,17-/m1/s1.